The number of hydrogen-bond acceptors (Lipinski definition) is 4. The van der Waals surface area contributed by atoms with Crippen molar-refractivity contribution in [1.29, 1.82) is 0 Å². The van der Waals surface area contributed by atoms with E-state index in [4.69, 9.17) is 5.11 Å². The van der Waals surface area contributed by atoms with Crippen molar-refractivity contribution in [3.05, 3.63) is 0 Å². The molecular weight excluding hydrogens is 258 g/mol. The molecule has 0 aliphatic carbocycles. The van der Waals surface area contributed by atoms with Crippen LogP contribution >= 0.6 is 11.8 Å². The van der Waals surface area contributed by atoms with Crippen molar-refractivity contribution in [2.45, 2.75) is 6.04 Å². The van der Waals surface area contributed by atoms with Crippen LogP contribution in [0, 0.1) is 0 Å². The van der Waals surface area contributed by atoms with Crippen molar-refractivity contribution in [2.24, 2.45) is 0 Å². The molecule has 0 bridgehead atoms. The Bertz CT molecular complexity index is 376. The highest BCUT2D eigenvalue weighted by molar-refractivity contribution is 7.99. The minimum atomic E-state index is -0.989. The number of piperazine rings is 1. The van der Waals surface area contributed by atoms with Crippen LogP contribution in [0.2, 0.25) is 0 Å². The molecule has 2 fully saturated rings. The number of carboxylic acid groups (broad SMARTS) is 1. The Balaban J connectivity index is 2.05. The van der Waals surface area contributed by atoms with E-state index < -0.39 is 12.0 Å². The van der Waals surface area contributed by atoms with Gasteiger partial charge in [-0.05, 0) is 0 Å². The molecule has 8 heteroatoms. The van der Waals surface area contributed by atoms with E-state index in [0.29, 0.717) is 25.4 Å². The minimum Gasteiger partial charge on any atom is -0.480 e. The fourth-order valence-corrected chi connectivity index (χ4v) is 3.06. The lowest BCUT2D eigenvalue weighted by atomic mass is 10.2. The third-order valence-corrected chi connectivity index (χ3v) is 3.99. The summed E-state index contributed by atoms with van der Waals surface area (Å²) in [5.41, 5.74) is 0. The smallest absolute Gasteiger partial charge is 0.327 e. The standard InChI is InChI=1S/C10H15N3O4S/c14-8-5-12(2-1-11-8)10(17)13-3-4-18-6-7(13)9(15)16/h7H,1-6H2,(H,11,14)(H,15,16). The molecule has 0 radical (unpaired) electrons. The maximum absolute atomic E-state index is 12.2. The molecule has 7 nitrogen and oxygen atoms in total. The normalized spacial score (nSPS) is 24.7. The number of nitrogens with one attached hydrogen (secondary N) is 1. The molecule has 0 saturated carbocycles. The number of carbonyl (C=O) groups excluding carboxylic acids is 2. The first-order valence-electron chi connectivity index (χ1n) is 5.72. The van der Waals surface area contributed by atoms with Gasteiger partial charge in [-0.1, -0.05) is 0 Å². The van der Waals surface area contributed by atoms with Crippen LogP contribution < -0.4 is 5.32 Å². The Kier molecular flexibility index (Phi) is 3.95. The molecule has 2 aliphatic rings. The lowest BCUT2D eigenvalue weighted by molar-refractivity contribution is -0.141. The van der Waals surface area contributed by atoms with E-state index in [9.17, 15) is 14.4 Å². The number of carboxylic acids is 1. The predicted octanol–water partition coefficient (Wildman–Crippen LogP) is -0.960. The molecule has 3 amide bonds. The maximum Gasteiger partial charge on any atom is 0.327 e. The van der Waals surface area contributed by atoms with E-state index in [1.165, 1.54) is 21.6 Å². The van der Waals surface area contributed by atoms with E-state index >= 15 is 0 Å². The number of amides is 3. The summed E-state index contributed by atoms with van der Waals surface area (Å²) in [6.45, 7) is 1.28. The fourth-order valence-electron chi connectivity index (χ4n) is 2.02. The number of thioether (sulfide) groups is 1. The molecule has 0 spiro atoms. The van der Waals surface area contributed by atoms with E-state index in [2.05, 4.69) is 5.32 Å². The number of rotatable bonds is 1. The summed E-state index contributed by atoms with van der Waals surface area (Å²) < 4.78 is 0. The second-order valence-corrected chi connectivity index (χ2v) is 5.33. The average molecular weight is 273 g/mol. The molecule has 2 N–H and O–H groups in total. The van der Waals surface area contributed by atoms with Crippen LogP contribution in [0.15, 0.2) is 0 Å². The second-order valence-electron chi connectivity index (χ2n) is 4.18. The van der Waals surface area contributed by atoms with Crippen LogP contribution in [0.3, 0.4) is 0 Å². The molecule has 1 atom stereocenters. The molecule has 2 saturated heterocycles. The Labute approximate surface area is 108 Å². The van der Waals surface area contributed by atoms with Gasteiger partial charge in [0, 0.05) is 31.1 Å². The van der Waals surface area contributed by atoms with Gasteiger partial charge in [-0.2, -0.15) is 11.8 Å². The SMILES string of the molecule is O=C1CN(C(=O)N2CCSCC2C(=O)O)CCN1. The van der Waals surface area contributed by atoms with Gasteiger partial charge in [0.15, 0.2) is 0 Å². The first-order chi connectivity index (χ1) is 8.59. The third-order valence-electron chi connectivity index (χ3n) is 2.97. The number of hydrogen-bond donors (Lipinski definition) is 2. The summed E-state index contributed by atoms with van der Waals surface area (Å²) in [5.74, 6) is -0.0544. The highest BCUT2D eigenvalue weighted by atomic mass is 32.2. The zero-order valence-electron chi connectivity index (χ0n) is 9.79. The third kappa shape index (κ3) is 2.69. The average Bonchev–Trinajstić information content (AvgIpc) is 2.38. The Hall–Kier alpha value is -1.44. The molecule has 2 aliphatic heterocycles. The van der Waals surface area contributed by atoms with Crippen LogP contribution in [0.25, 0.3) is 0 Å². The van der Waals surface area contributed by atoms with Crippen molar-refractivity contribution in [2.75, 3.05) is 37.7 Å². The van der Waals surface area contributed by atoms with Gasteiger partial charge in [-0.25, -0.2) is 9.59 Å². The molecule has 1 unspecified atom stereocenters. The van der Waals surface area contributed by atoms with Gasteiger partial charge in [0.2, 0.25) is 5.91 Å². The molecule has 2 rings (SSSR count). The monoisotopic (exact) mass is 273 g/mol. The van der Waals surface area contributed by atoms with Crippen molar-refractivity contribution in [3.63, 3.8) is 0 Å². The summed E-state index contributed by atoms with van der Waals surface area (Å²) in [6, 6.07) is -1.14. The Morgan fingerprint density at radius 1 is 1.39 bits per heavy atom. The Morgan fingerprint density at radius 3 is 2.83 bits per heavy atom. The second kappa shape index (κ2) is 5.47. The molecule has 2 heterocycles. The van der Waals surface area contributed by atoms with E-state index in [-0.39, 0.29) is 18.5 Å². The molecule has 0 aromatic carbocycles. The zero-order valence-corrected chi connectivity index (χ0v) is 10.6. The minimum absolute atomic E-state index is 0.00875. The van der Waals surface area contributed by atoms with E-state index in [1.807, 2.05) is 0 Å². The van der Waals surface area contributed by atoms with Gasteiger partial charge >= 0.3 is 12.0 Å². The molecular formula is C10H15N3O4S. The number of urea groups is 1. The fraction of sp³-hybridized carbons (Fsp3) is 0.700. The van der Waals surface area contributed by atoms with Crippen molar-refractivity contribution in [3.8, 4) is 0 Å². The quantitative estimate of drug-likeness (QED) is 0.642. The first-order valence-corrected chi connectivity index (χ1v) is 6.88. The number of carbonyl (C=O) groups is 3. The highest BCUT2D eigenvalue weighted by Gasteiger charge is 2.35. The predicted molar refractivity (Wildman–Crippen MR) is 65.4 cm³/mol. The van der Waals surface area contributed by atoms with Gasteiger partial charge in [-0.3, -0.25) is 4.79 Å². The first kappa shape index (κ1) is 13.0. The highest BCUT2D eigenvalue weighted by Crippen LogP contribution is 2.18. The number of nitrogens with zero attached hydrogens (tertiary/aromatic N) is 2. The largest absolute Gasteiger partial charge is 0.480 e. The van der Waals surface area contributed by atoms with Crippen molar-refractivity contribution < 1.29 is 19.5 Å². The van der Waals surface area contributed by atoms with Gasteiger partial charge in [-0.15, -0.1) is 0 Å². The molecule has 100 valence electrons. The van der Waals surface area contributed by atoms with Gasteiger partial charge in [0.1, 0.15) is 12.6 Å². The number of aliphatic carboxylic acids is 1. The molecule has 0 aromatic heterocycles. The molecule has 18 heavy (non-hydrogen) atoms. The van der Waals surface area contributed by atoms with Crippen LogP contribution in [0.4, 0.5) is 4.79 Å². The summed E-state index contributed by atoms with van der Waals surface area (Å²) in [7, 11) is 0. The maximum atomic E-state index is 12.2. The van der Waals surface area contributed by atoms with E-state index in [1.54, 1.807) is 0 Å². The van der Waals surface area contributed by atoms with Crippen molar-refractivity contribution in [1.82, 2.24) is 15.1 Å². The lowest BCUT2D eigenvalue weighted by Crippen LogP contribution is -2.59. The summed E-state index contributed by atoms with van der Waals surface area (Å²) in [6.07, 6.45) is 0. The Morgan fingerprint density at radius 2 is 2.17 bits per heavy atom. The topological polar surface area (TPSA) is 90.0 Å². The van der Waals surface area contributed by atoms with Crippen LogP contribution in [0.5, 0.6) is 0 Å². The van der Waals surface area contributed by atoms with Gasteiger partial charge < -0.3 is 20.2 Å². The summed E-state index contributed by atoms with van der Waals surface area (Å²) in [4.78, 5) is 37.3. The van der Waals surface area contributed by atoms with Crippen LogP contribution in [-0.2, 0) is 9.59 Å². The summed E-state index contributed by atoms with van der Waals surface area (Å²) >= 11 is 1.53. The van der Waals surface area contributed by atoms with Crippen LogP contribution in [0.1, 0.15) is 0 Å². The zero-order chi connectivity index (χ0) is 13.1. The lowest BCUT2D eigenvalue weighted by Gasteiger charge is -2.37. The summed E-state index contributed by atoms with van der Waals surface area (Å²) in [5, 5.41) is 11.7. The van der Waals surface area contributed by atoms with Crippen LogP contribution in [-0.4, -0.2) is 76.5 Å². The van der Waals surface area contributed by atoms with E-state index in [0.717, 1.165) is 5.75 Å². The van der Waals surface area contributed by atoms with Crippen molar-refractivity contribution >= 4 is 29.7 Å². The van der Waals surface area contributed by atoms with Gasteiger partial charge in [0.05, 0.1) is 0 Å². The molecule has 0 aromatic rings. The van der Waals surface area contributed by atoms with Gasteiger partial charge in [0.25, 0.3) is 0 Å².